The summed E-state index contributed by atoms with van der Waals surface area (Å²) >= 11 is 6.02. The molecule has 1 heteroatoms. The first kappa shape index (κ1) is 22.7. The Balaban J connectivity index is 1.19. The lowest BCUT2D eigenvalue weighted by Gasteiger charge is -2.32. The monoisotopic (exact) mass is 434 g/mol. The maximum atomic E-state index is 6.02. The number of rotatable bonds is 8. The zero-order valence-corrected chi connectivity index (χ0v) is 19.8. The highest BCUT2D eigenvalue weighted by Gasteiger charge is 2.25. The van der Waals surface area contributed by atoms with Gasteiger partial charge in [-0.05, 0) is 91.0 Å². The molecule has 0 bridgehead atoms. The van der Waals surface area contributed by atoms with Gasteiger partial charge in [-0.1, -0.05) is 92.6 Å². The summed E-state index contributed by atoms with van der Waals surface area (Å²) in [6, 6.07) is 17.5. The fraction of sp³-hybridized carbons (Fsp3) is 0.533. The smallest absolute Gasteiger partial charge is 0.0406 e. The molecule has 0 nitrogen and oxygen atoms in total. The van der Waals surface area contributed by atoms with E-state index in [1.54, 1.807) is 0 Å². The Bertz CT molecular complexity index is 787. The summed E-state index contributed by atoms with van der Waals surface area (Å²) in [6.07, 6.45) is 19.2. The van der Waals surface area contributed by atoms with Crippen molar-refractivity contribution in [2.24, 2.45) is 17.8 Å². The van der Waals surface area contributed by atoms with Crippen LogP contribution in [0.25, 0.3) is 11.1 Å². The van der Waals surface area contributed by atoms with Gasteiger partial charge in [-0.25, -0.2) is 0 Å². The third-order valence-electron chi connectivity index (χ3n) is 8.13. The van der Waals surface area contributed by atoms with E-state index in [9.17, 15) is 0 Å². The van der Waals surface area contributed by atoms with E-state index >= 15 is 0 Å². The molecule has 2 saturated carbocycles. The first-order valence-electron chi connectivity index (χ1n) is 12.7. The van der Waals surface area contributed by atoms with Crippen molar-refractivity contribution in [3.63, 3.8) is 0 Å². The third-order valence-corrected chi connectivity index (χ3v) is 8.39. The van der Waals surface area contributed by atoms with Crippen molar-refractivity contribution in [1.82, 2.24) is 0 Å². The average molecular weight is 435 g/mol. The van der Waals surface area contributed by atoms with Crippen LogP contribution in [0.15, 0.2) is 61.2 Å². The van der Waals surface area contributed by atoms with E-state index in [-0.39, 0.29) is 0 Å². The molecule has 0 heterocycles. The van der Waals surface area contributed by atoms with Gasteiger partial charge in [0, 0.05) is 5.02 Å². The molecule has 0 N–H and O–H groups in total. The summed E-state index contributed by atoms with van der Waals surface area (Å²) < 4.78 is 0. The Morgan fingerprint density at radius 3 is 1.61 bits per heavy atom. The first-order valence-corrected chi connectivity index (χ1v) is 13.1. The van der Waals surface area contributed by atoms with E-state index in [1.807, 2.05) is 12.1 Å². The van der Waals surface area contributed by atoms with Gasteiger partial charge in [0.05, 0.1) is 0 Å². The van der Waals surface area contributed by atoms with Crippen molar-refractivity contribution < 1.29 is 0 Å². The topological polar surface area (TPSA) is 0 Å². The van der Waals surface area contributed by atoms with E-state index in [0.29, 0.717) is 0 Å². The zero-order valence-electron chi connectivity index (χ0n) is 19.1. The molecule has 2 aromatic carbocycles. The van der Waals surface area contributed by atoms with Gasteiger partial charge in [0.1, 0.15) is 0 Å². The van der Waals surface area contributed by atoms with Crippen LogP contribution in [-0.2, 0) is 0 Å². The maximum Gasteiger partial charge on any atom is 0.0406 e. The Morgan fingerprint density at radius 2 is 1.10 bits per heavy atom. The molecule has 166 valence electrons. The van der Waals surface area contributed by atoms with Crippen LogP contribution in [0.2, 0.25) is 5.02 Å². The minimum atomic E-state index is 0.760. The van der Waals surface area contributed by atoms with E-state index in [1.165, 1.54) is 93.7 Å². The highest BCUT2D eigenvalue weighted by Crippen LogP contribution is 2.40. The minimum absolute atomic E-state index is 0.760. The highest BCUT2D eigenvalue weighted by molar-refractivity contribution is 6.30. The van der Waals surface area contributed by atoms with Crippen molar-refractivity contribution in [3.8, 4) is 11.1 Å². The summed E-state index contributed by atoms with van der Waals surface area (Å²) in [5, 5.41) is 0.799. The van der Waals surface area contributed by atoms with Crippen LogP contribution in [0.1, 0.15) is 88.5 Å². The van der Waals surface area contributed by atoms with E-state index < -0.39 is 0 Å². The molecule has 2 aliphatic carbocycles. The van der Waals surface area contributed by atoms with Crippen molar-refractivity contribution >= 4 is 11.6 Å². The molecule has 0 radical (unpaired) electrons. The van der Waals surface area contributed by atoms with Crippen LogP contribution in [0.4, 0.5) is 0 Å². The molecule has 2 aromatic rings. The molecule has 0 unspecified atom stereocenters. The molecule has 2 aliphatic rings. The molecule has 4 rings (SSSR count). The Kier molecular flexibility index (Phi) is 8.31. The van der Waals surface area contributed by atoms with Crippen LogP contribution in [0.3, 0.4) is 0 Å². The number of hydrogen-bond acceptors (Lipinski definition) is 0. The lowest BCUT2D eigenvalue weighted by atomic mass is 9.74. The predicted octanol–water partition coefficient (Wildman–Crippen LogP) is 9.83. The summed E-state index contributed by atoms with van der Waals surface area (Å²) in [7, 11) is 0. The fourth-order valence-corrected chi connectivity index (χ4v) is 6.13. The first-order chi connectivity index (χ1) is 15.2. The van der Waals surface area contributed by atoms with Gasteiger partial charge in [-0.2, -0.15) is 0 Å². The molecular formula is C30H39Cl. The summed E-state index contributed by atoms with van der Waals surface area (Å²) in [5.74, 6) is 3.73. The van der Waals surface area contributed by atoms with Crippen LogP contribution in [-0.4, -0.2) is 0 Å². The van der Waals surface area contributed by atoms with Gasteiger partial charge in [0.2, 0.25) is 0 Å². The van der Waals surface area contributed by atoms with Crippen molar-refractivity contribution in [2.45, 2.75) is 83.0 Å². The Labute approximate surface area is 195 Å². The van der Waals surface area contributed by atoms with Crippen molar-refractivity contribution in [1.29, 1.82) is 0 Å². The molecule has 0 saturated heterocycles. The molecule has 0 atom stereocenters. The minimum Gasteiger partial charge on any atom is -0.103 e. The lowest BCUT2D eigenvalue weighted by molar-refractivity contribution is 0.225. The van der Waals surface area contributed by atoms with E-state index in [2.05, 4.69) is 49.1 Å². The van der Waals surface area contributed by atoms with Crippen LogP contribution in [0.5, 0.6) is 0 Å². The molecule has 0 spiro atoms. The Hall–Kier alpha value is -1.53. The number of halogens is 1. The summed E-state index contributed by atoms with van der Waals surface area (Å²) in [5.41, 5.74) is 4.07. The molecule has 0 aliphatic heterocycles. The maximum absolute atomic E-state index is 6.02. The molecule has 0 aromatic heterocycles. The average Bonchev–Trinajstić information content (AvgIpc) is 2.83. The third kappa shape index (κ3) is 6.48. The summed E-state index contributed by atoms with van der Waals surface area (Å²) in [4.78, 5) is 0. The number of benzene rings is 2. The van der Waals surface area contributed by atoms with E-state index in [4.69, 9.17) is 11.6 Å². The normalized spacial score (nSPS) is 26.5. The lowest BCUT2D eigenvalue weighted by Crippen LogP contribution is -2.17. The van der Waals surface area contributed by atoms with Gasteiger partial charge in [0.25, 0.3) is 0 Å². The summed E-state index contributed by atoms with van der Waals surface area (Å²) in [6.45, 7) is 3.88. The molecule has 0 amide bonds. The van der Waals surface area contributed by atoms with Crippen molar-refractivity contribution in [3.05, 3.63) is 71.8 Å². The highest BCUT2D eigenvalue weighted by atomic mass is 35.5. The largest absolute Gasteiger partial charge is 0.103 e. The molecular weight excluding hydrogens is 396 g/mol. The van der Waals surface area contributed by atoms with Gasteiger partial charge < -0.3 is 0 Å². The van der Waals surface area contributed by atoms with Crippen LogP contribution < -0.4 is 0 Å². The van der Waals surface area contributed by atoms with Crippen molar-refractivity contribution in [2.75, 3.05) is 0 Å². The van der Waals surface area contributed by atoms with Gasteiger partial charge >= 0.3 is 0 Å². The quantitative estimate of drug-likeness (QED) is 0.362. The van der Waals surface area contributed by atoms with Gasteiger partial charge in [-0.3, -0.25) is 0 Å². The van der Waals surface area contributed by atoms with Crippen LogP contribution in [0, 0.1) is 17.8 Å². The second-order valence-corrected chi connectivity index (χ2v) is 10.6. The second-order valence-electron chi connectivity index (χ2n) is 10.2. The second kappa shape index (κ2) is 11.4. The van der Waals surface area contributed by atoms with Gasteiger partial charge in [-0.15, -0.1) is 6.58 Å². The zero-order chi connectivity index (χ0) is 21.5. The predicted molar refractivity (Wildman–Crippen MR) is 136 cm³/mol. The number of hydrogen-bond donors (Lipinski definition) is 0. The standard InChI is InChI=1S/C30H39Cl/c1-2-3-4-23-5-7-24(8-6-23)9-10-25-11-13-26(14-12-25)27-15-17-28(18-16-27)29-19-21-30(31)22-20-29/h2,15-26H,1,3-14H2/t23-,24-,25-,26-. The Morgan fingerprint density at radius 1 is 0.645 bits per heavy atom. The fourth-order valence-electron chi connectivity index (χ4n) is 6.01. The molecule has 31 heavy (non-hydrogen) atoms. The van der Waals surface area contributed by atoms with E-state index in [0.717, 1.165) is 28.7 Å². The number of allylic oxidation sites excluding steroid dienone is 1. The molecule has 2 fully saturated rings. The van der Waals surface area contributed by atoms with Crippen LogP contribution >= 0.6 is 11.6 Å². The van der Waals surface area contributed by atoms with Gasteiger partial charge in [0.15, 0.2) is 0 Å². The SMILES string of the molecule is C=CCC[C@H]1CC[C@H](CC[C@H]2CC[C@H](c3ccc(-c4ccc(Cl)cc4)cc3)CC2)CC1.